The Balaban J connectivity index is 2.85. The van der Waals surface area contributed by atoms with Crippen LogP contribution < -0.4 is 15.8 Å². The van der Waals surface area contributed by atoms with Gasteiger partial charge in [-0.25, -0.2) is 0 Å². The van der Waals surface area contributed by atoms with Gasteiger partial charge in [0.05, 0.1) is 23.9 Å². The van der Waals surface area contributed by atoms with E-state index in [1.807, 2.05) is 0 Å². The quantitative estimate of drug-likeness (QED) is 0.758. The lowest BCUT2D eigenvalue weighted by Crippen LogP contribution is -2.27. The van der Waals surface area contributed by atoms with Crippen LogP contribution in [-0.4, -0.2) is 31.4 Å². The van der Waals surface area contributed by atoms with Gasteiger partial charge < -0.3 is 20.9 Å². The van der Waals surface area contributed by atoms with E-state index in [9.17, 15) is 5.11 Å². The topological polar surface area (TPSA) is 67.5 Å². The fraction of sp³-hybridized carbons (Fsp3) is 0.400. The normalized spacial score (nSPS) is 12.3. The lowest BCUT2D eigenvalue weighted by Gasteiger charge is -2.15. The third-order valence-electron chi connectivity index (χ3n) is 2.01. The maximum absolute atomic E-state index is 9.33. The zero-order chi connectivity index (χ0) is 12.1. The highest BCUT2D eigenvalue weighted by molar-refractivity contribution is 6.36. The molecule has 0 aliphatic rings. The molecule has 6 heteroatoms. The SMILES string of the molecule is COc1c(Cl)cc(Cl)cc1NCC(O)CN. The average molecular weight is 265 g/mol. The van der Waals surface area contributed by atoms with Crippen molar-refractivity contribution < 1.29 is 9.84 Å². The van der Waals surface area contributed by atoms with Crippen LogP contribution in [0.4, 0.5) is 5.69 Å². The molecule has 1 atom stereocenters. The van der Waals surface area contributed by atoms with E-state index in [-0.39, 0.29) is 6.54 Å². The summed E-state index contributed by atoms with van der Waals surface area (Å²) in [4.78, 5) is 0. The number of anilines is 1. The van der Waals surface area contributed by atoms with Crippen molar-refractivity contribution in [3.05, 3.63) is 22.2 Å². The van der Waals surface area contributed by atoms with Gasteiger partial charge >= 0.3 is 0 Å². The Kier molecular flexibility index (Phi) is 5.15. The van der Waals surface area contributed by atoms with Crippen LogP contribution in [0.1, 0.15) is 0 Å². The molecule has 0 amide bonds. The van der Waals surface area contributed by atoms with Crippen LogP contribution in [0.2, 0.25) is 10.0 Å². The number of methoxy groups -OCH3 is 1. The summed E-state index contributed by atoms with van der Waals surface area (Å²) < 4.78 is 5.13. The van der Waals surface area contributed by atoms with E-state index in [1.54, 1.807) is 12.1 Å². The molecule has 0 aliphatic heterocycles. The summed E-state index contributed by atoms with van der Waals surface area (Å²) in [6.07, 6.45) is -0.623. The first-order chi connectivity index (χ1) is 7.58. The van der Waals surface area contributed by atoms with Gasteiger partial charge in [-0.2, -0.15) is 0 Å². The second-order valence-corrected chi connectivity index (χ2v) is 4.08. The van der Waals surface area contributed by atoms with Crippen LogP contribution in [0.15, 0.2) is 12.1 Å². The lowest BCUT2D eigenvalue weighted by atomic mass is 10.2. The summed E-state index contributed by atoms with van der Waals surface area (Å²) in [5, 5.41) is 13.2. The Morgan fingerprint density at radius 2 is 2.19 bits per heavy atom. The van der Waals surface area contributed by atoms with Gasteiger partial charge in [0.1, 0.15) is 0 Å². The summed E-state index contributed by atoms with van der Waals surface area (Å²) in [5.74, 6) is 0.496. The number of benzene rings is 1. The van der Waals surface area contributed by atoms with Gasteiger partial charge in [0, 0.05) is 18.1 Å². The molecule has 1 aromatic rings. The van der Waals surface area contributed by atoms with Crippen LogP contribution in [0.3, 0.4) is 0 Å². The lowest BCUT2D eigenvalue weighted by molar-refractivity contribution is 0.196. The van der Waals surface area contributed by atoms with Gasteiger partial charge in [-0.1, -0.05) is 23.2 Å². The van der Waals surface area contributed by atoms with Crippen molar-refractivity contribution in [3.63, 3.8) is 0 Å². The fourth-order valence-corrected chi connectivity index (χ4v) is 1.78. The number of ether oxygens (including phenoxy) is 1. The first kappa shape index (κ1) is 13.4. The minimum Gasteiger partial charge on any atom is -0.493 e. The Labute approximate surface area is 104 Å². The molecule has 4 N–H and O–H groups in total. The molecule has 0 bridgehead atoms. The maximum Gasteiger partial charge on any atom is 0.160 e. The van der Waals surface area contributed by atoms with E-state index in [2.05, 4.69) is 5.32 Å². The number of nitrogens with two attached hydrogens (primary N) is 1. The summed E-state index contributed by atoms with van der Waals surface area (Å²) in [6.45, 7) is 0.493. The minimum absolute atomic E-state index is 0.184. The van der Waals surface area contributed by atoms with E-state index in [0.717, 1.165) is 0 Å². The number of halogens is 2. The molecular weight excluding hydrogens is 251 g/mol. The molecule has 0 spiro atoms. The van der Waals surface area contributed by atoms with E-state index in [1.165, 1.54) is 7.11 Å². The Morgan fingerprint density at radius 1 is 1.50 bits per heavy atom. The highest BCUT2D eigenvalue weighted by Crippen LogP contribution is 2.35. The molecule has 4 nitrogen and oxygen atoms in total. The molecular formula is C10H14Cl2N2O2. The largest absolute Gasteiger partial charge is 0.493 e. The van der Waals surface area contributed by atoms with E-state index < -0.39 is 6.10 Å². The van der Waals surface area contributed by atoms with Gasteiger partial charge in [0.15, 0.2) is 5.75 Å². The predicted octanol–water partition coefficient (Wildman–Crippen LogP) is 1.73. The van der Waals surface area contributed by atoms with Crippen LogP contribution in [-0.2, 0) is 0 Å². The van der Waals surface area contributed by atoms with Gasteiger partial charge in [0.25, 0.3) is 0 Å². The first-order valence-corrected chi connectivity index (χ1v) is 5.49. The maximum atomic E-state index is 9.33. The Hall–Kier alpha value is -0.680. The second kappa shape index (κ2) is 6.15. The molecule has 0 radical (unpaired) electrons. The molecule has 0 aliphatic carbocycles. The second-order valence-electron chi connectivity index (χ2n) is 3.24. The van der Waals surface area contributed by atoms with Crippen LogP contribution >= 0.6 is 23.2 Å². The van der Waals surface area contributed by atoms with Crippen molar-refractivity contribution in [2.75, 3.05) is 25.5 Å². The summed E-state index contributed by atoms with van der Waals surface area (Å²) in [5.41, 5.74) is 5.93. The Bertz CT molecular complexity index is 361. The monoisotopic (exact) mass is 264 g/mol. The van der Waals surface area contributed by atoms with Crippen molar-refractivity contribution in [3.8, 4) is 5.75 Å². The van der Waals surface area contributed by atoms with Gasteiger partial charge in [-0.15, -0.1) is 0 Å². The Morgan fingerprint density at radius 3 is 2.75 bits per heavy atom. The molecule has 0 fully saturated rings. The van der Waals surface area contributed by atoms with Crippen molar-refractivity contribution in [2.45, 2.75) is 6.10 Å². The van der Waals surface area contributed by atoms with Crippen LogP contribution in [0.25, 0.3) is 0 Å². The highest BCUT2D eigenvalue weighted by Gasteiger charge is 2.10. The van der Waals surface area contributed by atoms with Crippen LogP contribution in [0, 0.1) is 0 Å². The molecule has 0 saturated heterocycles. The number of aliphatic hydroxyl groups is 1. The molecule has 1 aromatic carbocycles. The van der Waals surface area contributed by atoms with Crippen molar-refractivity contribution in [2.24, 2.45) is 5.73 Å². The van der Waals surface area contributed by atoms with E-state index in [4.69, 9.17) is 33.7 Å². The van der Waals surface area contributed by atoms with E-state index in [0.29, 0.717) is 28.0 Å². The van der Waals surface area contributed by atoms with Gasteiger partial charge in [-0.05, 0) is 12.1 Å². The number of aliphatic hydroxyl groups excluding tert-OH is 1. The third-order valence-corrected chi connectivity index (χ3v) is 2.51. The molecule has 90 valence electrons. The summed E-state index contributed by atoms with van der Waals surface area (Å²) >= 11 is 11.8. The smallest absolute Gasteiger partial charge is 0.160 e. The number of hydrogen-bond donors (Lipinski definition) is 3. The zero-order valence-electron chi connectivity index (χ0n) is 8.84. The first-order valence-electron chi connectivity index (χ1n) is 4.73. The van der Waals surface area contributed by atoms with Crippen molar-refractivity contribution >= 4 is 28.9 Å². The van der Waals surface area contributed by atoms with Crippen LogP contribution in [0.5, 0.6) is 5.75 Å². The number of nitrogens with one attached hydrogen (secondary N) is 1. The fourth-order valence-electron chi connectivity index (χ4n) is 1.21. The highest BCUT2D eigenvalue weighted by atomic mass is 35.5. The van der Waals surface area contributed by atoms with Gasteiger partial charge in [-0.3, -0.25) is 0 Å². The van der Waals surface area contributed by atoms with Gasteiger partial charge in [0.2, 0.25) is 0 Å². The summed E-state index contributed by atoms with van der Waals surface area (Å²) in [7, 11) is 1.51. The van der Waals surface area contributed by atoms with Crippen molar-refractivity contribution in [1.82, 2.24) is 0 Å². The number of rotatable bonds is 5. The standard InChI is InChI=1S/C10H14Cl2N2O2/c1-16-10-8(12)2-6(11)3-9(10)14-5-7(15)4-13/h2-3,7,14-15H,4-5,13H2,1H3. The molecule has 1 unspecified atom stereocenters. The van der Waals surface area contributed by atoms with E-state index >= 15 is 0 Å². The van der Waals surface area contributed by atoms with Crippen molar-refractivity contribution in [1.29, 1.82) is 0 Å². The average Bonchev–Trinajstić information content (AvgIpc) is 2.25. The molecule has 0 aromatic heterocycles. The molecule has 16 heavy (non-hydrogen) atoms. The zero-order valence-corrected chi connectivity index (χ0v) is 10.3. The predicted molar refractivity (Wildman–Crippen MR) is 66.6 cm³/mol. The summed E-state index contributed by atoms with van der Waals surface area (Å²) in [6, 6.07) is 3.27. The third kappa shape index (κ3) is 3.42. The molecule has 0 saturated carbocycles. The number of hydrogen-bond acceptors (Lipinski definition) is 4. The molecule has 0 heterocycles. The molecule has 1 rings (SSSR count). The minimum atomic E-state index is -0.623.